The number of carbonyl (C=O) groups excluding carboxylic acids is 1. The van der Waals surface area contributed by atoms with Crippen LogP contribution < -0.4 is 10.2 Å². The monoisotopic (exact) mass is 343 g/mol. The molecule has 4 nitrogen and oxygen atoms in total. The zero-order valence-electron chi connectivity index (χ0n) is 12.2. The molecule has 1 heterocycles. The second-order valence-corrected chi connectivity index (χ2v) is 5.51. The lowest BCUT2D eigenvalue weighted by atomic mass is 10.1. The molecule has 1 N–H and O–H groups in total. The zero-order chi connectivity index (χ0) is 17.3. The average molecular weight is 343 g/mol. The second-order valence-electron chi connectivity index (χ2n) is 5.08. The summed E-state index contributed by atoms with van der Waals surface area (Å²) in [5.41, 5.74) is 0.974. The van der Waals surface area contributed by atoms with Crippen LogP contribution >= 0.6 is 12.6 Å². The van der Waals surface area contributed by atoms with Gasteiger partial charge in [-0.3, -0.25) is 4.79 Å². The van der Waals surface area contributed by atoms with Gasteiger partial charge in [-0.25, -0.2) is 8.78 Å². The summed E-state index contributed by atoms with van der Waals surface area (Å²) in [4.78, 5) is 13.7. The van der Waals surface area contributed by atoms with E-state index >= 15 is 0 Å². The van der Waals surface area contributed by atoms with Crippen molar-refractivity contribution in [2.24, 2.45) is 0 Å². The van der Waals surface area contributed by atoms with E-state index in [4.69, 9.17) is 0 Å². The fourth-order valence-corrected chi connectivity index (χ4v) is 2.84. The minimum atomic E-state index is -0.701. The summed E-state index contributed by atoms with van der Waals surface area (Å²) in [5.74, 6) is -1.40. The van der Waals surface area contributed by atoms with Gasteiger partial charge in [-0.15, -0.1) is 12.6 Å². The van der Waals surface area contributed by atoms with Crippen molar-refractivity contribution in [2.75, 3.05) is 4.90 Å². The van der Waals surface area contributed by atoms with Gasteiger partial charge in [0.05, 0.1) is 5.03 Å². The molecule has 1 atom stereocenters. The molecule has 1 amide bonds. The van der Waals surface area contributed by atoms with Crippen LogP contribution in [0.1, 0.15) is 11.7 Å². The molecule has 0 saturated heterocycles. The van der Waals surface area contributed by atoms with E-state index in [1.54, 1.807) is 4.90 Å². The fraction of sp³-hybridized carbons (Fsp3) is 0.0588. The first-order valence-electron chi connectivity index (χ1n) is 6.95. The summed E-state index contributed by atoms with van der Waals surface area (Å²) in [7, 11) is 0. The van der Waals surface area contributed by atoms with Gasteiger partial charge in [0.2, 0.25) is 0 Å². The number of carbonyl (C=O) groups is 1. The highest BCUT2D eigenvalue weighted by Crippen LogP contribution is 2.35. The van der Waals surface area contributed by atoms with Crippen LogP contribution in [0, 0.1) is 23.0 Å². The lowest BCUT2D eigenvalue weighted by Crippen LogP contribution is -2.46. The van der Waals surface area contributed by atoms with E-state index < -0.39 is 23.7 Å². The van der Waals surface area contributed by atoms with E-state index in [0.717, 1.165) is 0 Å². The third-order valence-electron chi connectivity index (χ3n) is 3.61. The van der Waals surface area contributed by atoms with Crippen molar-refractivity contribution in [1.29, 1.82) is 5.26 Å². The topological polar surface area (TPSA) is 56.1 Å². The highest BCUT2D eigenvalue weighted by atomic mass is 32.1. The first kappa shape index (κ1) is 16.0. The number of thiol groups is 1. The maximum atomic E-state index is 13.2. The number of nitrogens with one attached hydrogen (secondary N) is 1. The maximum absolute atomic E-state index is 13.2. The predicted molar refractivity (Wildman–Crippen MR) is 87.8 cm³/mol. The SMILES string of the molecule is N#CC1=C(S)N(c2ccc(F)cc2)C(c2ccc(F)cc2)NC1=O. The highest BCUT2D eigenvalue weighted by Gasteiger charge is 2.33. The molecule has 7 heteroatoms. The number of nitriles is 1. The molecular formula is C17H11F2N3OS. The van der Waals surface area contributed by atoms with Gasteiger partial charge in [0.25, 0.3) is 5.91 Å². The predicted octanol–water partition coefficient (Wildman–Crippen LogP) is 3.26. The summed E-state index contributed by atoms with van der Waals surface area (Å²) >= 11 is 4.31. The van der Waals surface area contributed by atoms with E-state index in [2.05, 4.69) is 17.9 Å². The molecular weight excluding hydrogens is 332 g/mol. The molecule has 1 aliphatic heterocycles. The van der Waals surface area contributed by atoms with E-state index in [-0.39, 0.29) is 10.6 Å². The second kappa shape index (κ2) is 6.34. The van der Waals surface area contributed by atoms with Crippen LogP contribution in [-0.4, -0.2) is 5.91 Å². The normalized spacial score (nSPS) is 17.5. The standard InChI is InChI=1S/C17H11F2N3OS/c18-11-3-1-10(2-4-11)15-21-16(23)14(9-20)17(24)22(15)13-7-5-12(19)6-8-13/h1-8,15,24H,(H,21,23). The molecule has 0 fully saturated rings. The van der Waals surface area contributed by atoms with Gasteiger partial charge in [-0.05, 0) is 42.0 Å². The summed E-state index contributed by atoms with van der Waals surface area (Å²) < 4.78 is 26.4. The third kappa shape index (κ3) is 2.84. The molecule has 120 valence electrons. The van der Waals surface area contributed by atoms with Crippen LogP contribution in [0.25, 0.3) is 0 Å². The first-order valence-corrected chi connectivity index (χ1v) is 7.40. The smallest absolute Gasteiger partial charge is 0.266 e. The van der Waals surface area contributed by atoms with Crippen LogP contribution in [0.15, 0.2) is 59.1 Å². The van der Waals surface area contributed by atoms with Crippen molar-refractivity contribution in [1.82, 2.24) is 5.32 Å². The van der Waals surface area contributed by atoms with Crippen molar-refractivity contribution < 1.29 is 13.6 Å². The third-order valence-corrected chi connectivity index (χ3v) is 4.05. The van der Waals surface area contributed by atoms with E-state index in [9.17, 15) is 18.8 Å². The molecule has 0 spiro atoms. The molecule has 24 heavy (non-hydrogen) atoms. The Hall–Kier alpha value is -2.85. The Bertz CT molecular complexity index is 857. The number of hydrogen-bond acceptors (Lipinski definition) is 4. The summed E-state index contributed by atoms with van der Waals surface area (Å²) in [6, 6.07) is 12.9. The molecule has 2 aromatic rings. The van der Waals surface area contributed by atoms with E-state index in [0.29, 0.717) is 11.3 Å². The molecule has 0 bridgehead atoms. The number of nitrogens with zero attached hydrogens (tertiary/aromatic N) is 2. The zero-order valence-corrected chi connectivity index (χ0v) is 13.1. The van der Waals surface area contributed by atoms with Crippen LogP contribution in [0.3, 0.4) is 0 Å². The van der Waals surface area contributed by atoms with Crippen LogP contribution in [0.4, 0.5) is 14.5 Å². The summed E-state index contributed by atoms with van der Waals surface area (Å²) in [6.07, 6.45) is -0.701. The van der Waals surface area contributed by atoms with Gasteiger partial charge in [-0.1, -0.05) is 12.1 Å². The van der Waals surface area contributed by atoms with E-state index in [1.165, 1.54) is 48.5 Å². The molecule has 1 unspecified atom stereocenters. The average Bonchev–Trinajstić information content (AvgIpc) is 2.57. The Morgan fingerprint density at radius 3 is 2.12 bits per heavy atom. The number of anilines is 1. The fourth-order valence-electron chi connectivity index (χ4n) is 2.46. The quantitative estimate of drug-likeness (QED) is 0.823. The van der Waals surface area contributed by atoms with Gasteiger partial charge >= 0.3 is 0 Å². The van der Waals surface area contributed by atoms with Crippen LogP contribution in [0.2, 0.25) is 0 Å². The molecule has 2 aromatic carbocycles. The summed E-state index contributed by atoms with van der Waals surface area (Å²) in [5, 5.41) is 12.0. The number of benzene rings is 2. The minimum absolute atomic E-state index is 0.141. The summed E-state index contributed by atoms with van der Waals surface area (Å²) in [6.45, 7) is 0. The molecule has 0 radical (unpaired) electrons. The Labute approximate surface area is 142 Å². The molecule has 3 rings (SSSR count). The van der Waals surface area contributed by atoms with Crippen molar-refractivity contribution >= 4 is 24.2 Å². The molecule has 0 aromatic heterocycles. The van der Waals surface area contributed by atoms with Crippen LogP contribution in [0.5, 0.6) is 0 Å². The van der Waals surface area contributed by atoms with Gasteiger partial charge < -0.3 is 10.2 Å². The molecule has 1 aliphatic rings. The number of amides is 1. The Morgan fingerprint density at radius 1 is 1.04 bits per heavy atom. The number of hydrogen-bond donors (Lipinski definition) is 2. The van der Waals surface area contributed by atoms with Crippen molar-refractivity contribution in [3.63, 3.8) is 0 Å². The van der Waals surface area contributed by atoms with Crippen molar-refractivity contribution in [3.05, 3.63) is 76.3 Å². The van der Waals surface area contributed by atoms with Crippen molar-refractivity contribution in [3.8, 4) is 6.07 Å². The Kier molecular flexibility index (Phi) is 4.23. The number of halogens is 2. The molecule has 0 saturated carbocycles. The maximum Gasteiger partial charge on any atom is 0.266 e. The van der Waals surface area contributed by atoms with Gasteiger partial charge in [-0.2, -0.15) is 5.26 Å². The van der Waals surface area contributed by atoms with E-state index in [1.807, 2.05) is 6.07 Å². The highest BCUT2D eigenvalue weighted by molar-refractivity contribution is 7.84. The molecule has 0 aliphatic carbocycles. The number of rotatable bonds is 2. The van der Waals surface area contributed by atoms with Gasteiger partial charge in [0, 0.05) is 5.69 Å². The minimum Gasteiger partial charge on any atom is -0.327 e. The first-order chi connectivity index (χ1) is 11.5. The van der Waals surface area contributed by atoms with Crippen molar-refractivity contribution in [2.45, 2.75) is 6.17 Å². The van der Waals surface area contributed by atoms with Gasteiger partial charge in [0.15, 0.2) is 0 Å². The Balaban J connectivity index is 2.14. The van der Waals surface area contributed by atoms with Gasteiger partial charge in [0.1, 0.15) is 29.4 Å². The lowest BCUT2D eigenvalue weighted by Gasteiger charge is -2.38. The van der Waals surface area contributed by atoms with Crippen LogP contribution in [-0.2, 0) is 4.79 Å². The largest absolute Gasteiger partial charge is 0.327 e. The Morgan fingerprint density at radius 2 is 1.58 bits per heavy atom. The lowest BCUT2D eigenvalue weighted by molar-refractivity contribution is -0.118.